The number of hydrogen-bond donors (Lipinski definition) is 3. The minimum absolute atomic E-state index is 0.136. The molecule has 76 valence electrons. The van der Waals surface area contributed by atoms with Crippen LogP contribution in [0.5, 0.6) is 5.75 Å². The molecule has 0 amide bonds. The van der Waals surface area contributed by atoms with Crippen LogP contribution in [-0.4, -0.2) is 21.9 Å². The van der Waals surface area contributed by atoms with E-state index in [0.717, 1.165) is 5.56 Å². The molecule has 0 spiro atoms. The van der Waals surface area contributed by atoms with Gasteiger partial charge in [-0.05, 0) is 30.5 Å². The number of benzene rings is 1. The third-order valence-electron chi connectivity index (χ3n) is 2.73. The molecule has 1 aromatic carbocycles. The maximum Gasteiger partial charge on any atom is 0.115 e. The highest BCUT2D eigenvalue weighted by Gasteiger charge is 2.40. The molecule has 4 N–H and O–H groups in total. The summed E-state index contributed by atoms with van der Waals surface area (Å²) in [5.41, 5.74) is 5.94. The summed E-state index contributed by atoms with van der Waals surface area (Å²) in [5.74, 6) is 0.245. The van der Waals surface area contributed by atoms with E-state index in [0.29, 0.717) is 19.3 Å². The van der Waals surface area contributed by atoms with Crippen molar-refractivity contribution in [3.63, 3.8) is 0 Å². The van der Waals surface area contributed by atoms with Crippen LogP contribution in [0.3, 0.4) is 0 Å². The van der Waals surface area contributed by atoms with Crippen molar-refractivity contribution < 1.29 is 10.2 Å². The molecule has 1 aliphatic carbocycles. The standard InChI is InChI=1S/C11H15NO2/c12-9-6-11(14,7-9)5-8-2-1-3-10(13)4-8/h1-4,9,13-14H,5-7,12H2. The highest BCUT2D eigenvalue weighted by molar-refractivity contribution is 5.28. The van der Waals surface area contributed by atoms with Gasteiger partial charge in [-0.15, -0.1) is 0 Å². The number of nitrogens with two attached hydrogens (primary N) is 1. The molecule has 1 aliphatic rings. The van der Waals surface area contributed by atoms with Crippen molar-refractivity contribution in [2.45, 2.75) is 30.9 Å². The Hall–Kier alpha value is -1.06. The van der Waals surface area contributed by atoms with E-state index in [9.17, 15) is 10.2 Å². The Morgan fingerprint density at radius 2 is 2.14 bits per heavy atom. The van der Waals surface area contributed by atoms with Gasteiger partial charge in [0.2, 0.25) is 0 Å². The van der Waals surface area contributed by atoms with Crippen molar-refractivity contribution in [2.75, 3.05) is 0 Å². The average molecular weight is 193 g/mol. The molecule has 1 saturated carbocycles. The van der Waals surface area contributed by atoms with Gasteiger partial charge in [0, 0.05) is 12.5 Å². The summed E-state index contributed by atoms with van der Waals surface area (Å²) in [6.07, 6.45) is 1.89. The van der Waals surface area contributed by atoms with E-state index in [4.69, 9.17) is 5.73 Å². The van der Waals surface area contributed by atoms with Gasteiger partial charge in [0.25, 0.3) is 0 Å². The molecule has 2 rings (SSSR count). The molecular weight excluding hydrogens is 178 g/mol. The number of phenolic OH excluding ortho intramolecular Hbond substituents is 1. The van der Waals surface area contributed by atoms with Crippen LogP contribution in [0.4, 0.5) is 0 Å². The summed E-state index contributed by atoms with van der Waals surface area (Å²) >= 11 is 0. The second-order valence-corrected chi connectivity index (χ2v) is 4.24. The van der Waals surface area contributed by atoms with Gasteiger partial charge in [-0.3, -0.25) is 0 Å². The van der Waals surface area contributed by atoms with Crippen LogP contribution in [0.2, 0.25) is 0 Å². The second-order valence-electron chi connectivity index (χ2n) is 4.24. The number of rotatable bonds is 2. The molecule has 3 heteroatoms. The number of aliphatic hydroxyl groups is 1. The Labute approximate surface area is 83.2 Å². The Bertz CT molecular complexity index is 332. The molecule has 3 nitrogen and oxygen atoms in total. The van der Waals surface area contributed by atoms with Gasteiger partial charge >= 0.3 is 0 Å². The Balaban J connectivity index is 2.04. The molecular formula is C11H15NO2. The summed E-state index contributed by atoms with van der Waals surface area (Å²) in [6, 6.07) is 7.13. The number of aromatic hydroxyl groups is 1. The van der Waals surface area contributed by atoms with Crippen molar-refractivity contribution in [3.05, 3.63) is 29.8 Å². The molecule has 0 atom stereocenters. The highest BCUT2D eigenvalue weighted by Crippen LogP contribution is 2.34. The molecule has 14 heavy (non-hydrogen) atoms. The van der Waals surface area contributed by atoms with Crippen molar-refractivity contribution in [3.8, 4) is 5.75 Å². The second kappa shape index (κ2) is 3.26. The van der Waals surface area contributed by atoms with Gasteiger partial charge in [0.05, 0.1) is 5.60 Å². The van der Waals surface area contributed by atoms with E-state index < -0.39 is 5.60 Å². The van der Waals surface area contributed by atoms with Gasteiger partial charge in [-0.2, -0.15) is 0 Å². The number of hydrogen-bond acceptors (Lipinski definition) is 3. The van der Waals surface area contributed by atoms with Crippen LogP contribution >= 0.6 is 0 Å². The summed E-state index contributed by atoms with van der Waals surface area (Å²) in [5, 5.41) is 19.2. The molecule has 0 heterocycles. The third-order valence-corrected chi connectivity index (χ3v) is 2.73. The lowest BCUT2D eigenvalue weighted by Gasteiger charge is -2.41. The summed E-state index contributed by atoms with van der Waals surface area (Å²) < 4.78 is 0. The zero-order chi connectivity index (χ0) is 10.2. The minimum atomic E-state index is -0.646. The topological polar surface area (TPSA) is 66.5 Å². The maximum absolute atomic E-state index is 9.96. The minimum Gasteiger partial charge on any atom is -0.508 e. The highest BCUT2D eigenvalue weighted by atomic mass is 16.3. The van der Waals surface area contributed by atoms with E-state index >= 15 is 0 Å². The smallest absolute Gasteiger partial charge is 0.115 e. The van der Waals surface area contributed by atoms with Crippen LogP contribution in [0, 0.1) is 0 Å². The van der Waals surface area contributed by atoms with E-state index in [1.54, 1.807) is 18.2 Å². The van der Waals surface area contributed by atoms with Gasteiger partial charge < -0.3 is 15.9 Å². The van der Waals surface area contributed by atoms with Crippen molar-refractivity contribution in [1.29, 1.82) is 0 Å². The molecule has 0 aromatic heterocycles. The molecule has 1 aromatic rings. The predicted molar refractivity (Wildman–Crippen MR) is 54.0 cm³/mol. The molecule has 0 saturated heterocycles. The van der Waals surface area contributed by atoms with Crippen molar-refractivity contribution in [1.82, 2.24) is 0 Å². The van der Waals surface area contributed by atoms with Gasteiger partial charge in [-0.25, -0.2) is 0 Å². The molecule has 0 bridgehead atoms. The van der Waals surface area contributed by atoms with Crippen molar-refractivity contribution in [2.24, 2.45) is 5.73 Å². The van der Waals surface area contributed by atoms with E-state index in [1.165, 1.54) is 0 Å². The van der Waals surface area contributed by atoms with Crippen LogP contribution in [0.15, 0.2) is 24.3 Å². The van der Waals surface area contributed by atoms with E-state index in [1.807, 2.05) is 6.07 Å². The quantitative estimate of drug-likeness (QED) is 0.650. The molecule has 0 radical (unpaired) electrons. The predicted octanol–water partition coefficient (Wildman–Crippen LogP) is 0.787. The van der Waals surface area contributed by atoms with Crippen LogP contribution in [0.1, 0.15) is 18.4 Å². The monoisotopic (exact) mass is 193 g/mol. The molecule has 1 fully saturated rings. The lowest BCUT2D eigenvalue weighted by molar-refractivity contribution is -0.0455. The first kappa shape index (κ1) is 9.49. The first-order valence-electron chi connectivity index (χ1n) is 4.83. The Morgan fingerprint density at radius 3 is 2.71 bits per heavy atom. The van der Waals surface area contributed by atoms with Gasteiger partial charge in [0.1, 0.15) is 5.75 Å². The zero-order valence-electron chi connectivity index (χ0n) is 7.98. The van der Waals surface area contributed by atoms with E-state index in [-0.39, 0.29) is 11.8 Å². The maximum atomic E-state index is 9.96. The van der Waals surface area contributed by atoms with Gasteiger partial charge in [-0.1, -0.05) is 12.1 Å². The Kier molecular flexibility index (Phi) is 2.21. The summed E-state index contributed by atoms with van der Waals surface area (Å²) in [7, 11) is 0. The lowest BCUT2D eigenvalue weighted by atomic mass is 9.73. The SMILES string of the molecule is NC1CC(O)(Cc2cccc(O)c2)C1. The van der Waals surface area contributed by atoms with Crippen LogP contribution < -0.4 is 5.73 Å². The Morgan fingerprint density at radius 1 is 1.43 bits per heavy atom. The molecule has 0 unspecified atom stereocenters. The fourth-order valence-corrected chi connectivity index (χ4v) is 2.11. The fraction of sp³-hybridized carbons (Fsp3) is 0.455. The van der Waals surface area contributed by atoms with E-state index in [2.05, 4.69) is 0 Å². The van der Waals surface area contributed by atoms with Crippen molar-refractivity contribution >= 4 is 0 Å². The van der Waals surface area contributed by atoms with Gasteiger partial charge in [0.15, 0.2) is 0 Å². The summed E-state index contributed by atoms with van der Waals surface area (Å²) in [4.78, 5) is 0. The first-order chi connectivity index (χ1) is 6.57. The molecule has 0 aliphatic heterocycles. The summed E-state index contributed by atoms with van der Waals surface area (Å²) in [6.45, 7) is 0. The third kappa shape index (κ3) is 1.89. The largest absolute Gasteiger partial charge is 0.508 e. The first-order valence-corrected chi connectivity index (χ1v) is 4.83. The normalized spacial score (nSPS) is 31.1. The van der Waals surface area contributed by atoms with Crippen LogP contribution in [0.25, 0.3) is 0 Å². The zero-order valence-corrected chi connectivity index (χ0v) is 7.98. The lowest BCUT2D eigenvalue weighted by Crippen LogP contribution is -2.52. The fourth-order valence-electron chi connectivity index (χ4n) is 2.11. The number of phenols is 1. The van der Waals surface area contributed by atoms with Crippen LogP contribution in [-0.2, 0) is 6.42 Å². The average Bonchev–Trinajstić information content (AvgIpc) is 2.00.